The van der Waals surface area contributed by atoms with Gasteiger partial charge in [0.15, 0.2) is 0 Å². The van der Waals surface area contributed by atoms with E-state index in [1.165, 1.54) is 62.5 Å². The van der Waals surface area contributed by atoms with Gasteiger partial charge in [-0.3, -0.25) is 4.79 Å². The van der Waals surface area contributed by atoms with Crippen molar-refractivity contribution in [1.29, 1.82) is 0 Å². The van der Waals surface area contributed by atoms with Gasteiger partial charge in [-0.1, -0.05) is 0 Å². The molecule has 108 valence electrons. The normalized spacial score (nSPS) is 40.9. The second-order valence-corrected chi connectivity index (χ2v) is 7.21. The van der Waals surface area contributed by atoms with Gasteiger partial charge >= 0.3 is 5.97 Å². The molecule has 3 nitrogen and oxygen atoms in total. The molecule has 0 unspecified atom stereocenters. The predicted octanol–water partition coefficient (Wildman–Crippen LogP) is 2.74. The summed E-state index contributed by atoms with van der Waals surface area (Å²) in [4.78, 5) is 11.4. The third-order valence-electron chi connectivity index (χ3n) is 6.03. The summed E-state index contributed by atoms with van der Waals surface area (Å²) < 4.78 is 6.94. The lowest BCUT2D eigenvalue weighted by Crippen LogP contribution is -2.60. The minimum Gasteiger partial charge on any atom is -0.462 e. The first-order chi connectivity index (χ1) is 9.10. The van der Waals surface area contributed by atoms with Crippen LogP contribution in [0, 0.1) is 11.8 Å². The van der Waals surface area contributed by atoms with Crippen molar-refractivity contribution in [3.63, 3.8) is 0 Å². The van der Waals surface area contributed by atoms with Crippen molar-refractivity contribution in [2.45, 2.75) is 64.0 Å². The molecule has 2 aliphatic carbocycles. The van der Waals surface area contributed by atoms with Crippen molar-refractivity contribution in [3.8, 4) is 0 Å². The van der Waals surface area contributed by atoms with Gasteiger partial charge in [0.2, 0.25) is 0 Å². The Bertz CT molecular complexity index is 349. The molecule has 0 amide bonds. The lowest BCUT2D eigenvalue weighted by Gasteiger charge is -2.49. The summed E-state index contributed by atoms with van der Waals surface area (Å²) in [5.74, 6) is 1.20. The fraction of sp³-hybridized carbons (Fsp3) is 0.938. The third kappa shape index (κ3) is 2.42. The minimum atomic E-state index is -0.0798. The van der Waals surface area contributed by atoms with Crippen molar-refractivity contribution < 1.29 is 14.0 Å². The molecule has 3 heteroatoms. The van der Waals surface area contributed by atoms with Crippen LogP contribution in [-0.2, 0) is 9.53 Å². The third-order valence-corrected chi connectivity index (χ3v) is 6.03. The molecule has 0 spiro atoms. The number of piperidine rings is 1. The Kier molecular flexibility index (Phi) is 3.59. The monoisotopic (exact) mass is 266 g/mol. The van der Waals surface area contributed by atoms with Crippen LogP contribution in [0.4, 0.5) is 0 Å². The zero-order valence-corrected chi connectivity index (χ0v) is 12.4. The van der Waals surface area contributed by atoms with E-state index in [4.69, 9.17) is 4.74 Å². The number of nitrogens with zero attached hydrogens (tertiary/aromatic N) is 1. The van der Waals surface area contributed by atoms with Crippen LogP contribution in [0.15, 0.2) is 0 Å². The summed E-state index contributed by atoms with van der Waals surface area (Å²) in [6, 6.07) is 0.739. The zero-order chi connectivity index (χ0) is 13.5. The fourth-order valence-corrected chi connectivity index (χ4v) is 5.12. The maximum Gasteiger partial charge on any atom is 0.302 e. The number of quaternary nitrogens is 1. The van der Waals surface area contributed by atoms with Crippen LogP contribution >= 0.6 is 0 Å². The Hall–Kier alpha value is -0.570. The number of hydrogen-bond donors (Lipinski definition) is 0. The molecule has 3 fully saturated rings. The summed E-state index contributed by atoms with van der Waals surface area (Å²) in [6.07, 6.45) is 9.56. The quantitative estimate of drug-likeness (QED) is 0.567. The maximum absolute atomic E-state index is 11.4. The Balaban J connectivity index is 1.77. The lowest BCUT2D eigenvalue weighted by molar-refractivity contribution is -0.942. The van der Waals surface area contributed by atoms with Crippen molar-refractivity contribution in [3.05, 3.63) is 0 Å². The van der Waals surface area contributed by atoms with Crippen LogP contribution in [-0.4, -0.2) is 42.7 Å². The van der Waals surface area contributed by atoms with Crippen LogP contribution in [0.2, 0.25) is 0 Å². The molecule has 3 aliphatic rings. The number of hydrogen-bond acceptors (Lipinski definition) is 2. The van der Waals surface area contributed by atoms with E-state index in [0.29, 0.717) is 11.8 Å². The molecule has 3 rings (SSSR count). The molecule has 1 heterocycles. The average molecular weight is 266 g/mol. The summed E-state index contributed by atoms with van der Waals surface area (Å²) >= 11 is 0. The lowest BCUT2D eigenvalue weighted by atomic mass is 9.79. The van der Waals surface area contributed by atoms with Crippen molar-refractivity contribution in [1.82, 2.24) is 0 Å². The summed E-state index contributed by atoms with van der Waals surface area (Å²) in [5.41, 5.74) is 0. The van der Waals surface area contributed by atoms with Crippen molar-refractivity contribution in [2.24, 2.45) is 11.8 Å². The first kappa shape index (κ1) is 13.4. The largest absolute Gasteiger partial charge is 0.462 e. The highest BCUT2D eigenvalue weighted by molar-refractivity contribution is 5.66. The van der Waals surface area contributed by atoms with Crippen molar-refractivity contribution in [2.75, 3.05) is 20.1 Å². The van der Waals surface area contributed by atoms with Crippen LogP contribution in [0.3, 0.4) is 0 Å². The summed E-state index contributed by atoms with van der Waals surface area (Å²) in [6.45, 7) is 4.23. The molecule has 2 bridgehead atoms. The highest BCUT2D eigenvalue weighted by Gasteiger charge is 2.52. The molecule has 0 aromatic rings. The number of carbonyl (C=O) groups excluding carboxylic acids is 1. The van der Waals surface area contributed by atoms with E-state index >= 15 is 0 Å². The molecule has 0 radical (unpaired) electrons. The van der Waals surface area contributed by atoms with Crippen LogP contribution in [0.5, 0.6) is 0 Å². The van der Waals surface area contributed by atoms with Crippen molar-refractivity contribution >= 4 is 5.97 Å². The van der Waals surface area contributed by atoms with Crippen LogP contribution in [0.1, 0.15) is 51.9 Å². The van der Waals surface area contributed by atoms with E-state index < -0.39 is 0 Å². The van der Waals surface area contributed by atoms with Gasteiger partial charge in [-0.25, -0.2) is 0 Å². The maximum atomic E-state index is 11.4. The molecule has 0 N–H and O–H groups in total. The SMILES string of the molecule is CC(=O)O[C@@H]1[C@H]2CC[C@H]1[C@H]([N+]1(C)CCCCC1)CC2. The molecule has 4 atom stereocenters. The van der Waals surface area contributed by atoms with E-state index in [9.17, 15) is 4.79 Å². The number of ether oxygens (including phenoxy) is 1. The van der Waals surface area contributed by atoms with Gasteiger partial charge in [0, 0.05) is 19.3 Å². The molecule has 1 saturated heterocycles. The zero-order valence-electron chi connectivity index (χ0n) is 12.4. The van der Waals surface area contributed by atoms with Gasteiger partial charge in [0.25, 0.3) is 0 Å². The number of esters is 1. The molecule has 2 saturated carbocycles. The number of rotatable bonds is 2. The smallest absolute Gasteiger partial charge is 0.302 e. The Morgan fingerprint density at radius 3 is 2.42 bits per heavy atom. The highest BCUT2D eigenvalue weighted by Crippen LogP contribution is 2.47. The average Bonchev–Trinajstić information content (AvgIpc) is 2.62. The van der Waals surface area contributed by atoms with Gasteiger partial charge < -0.3 is 9.22 Å². The number of fused-ring (bicyclic) bond motifs is 2. The Labute approximate surface area is 116 Å². The summed E-state index contributed by atoms with van der Waals surface area (Å²) in [7, 11) is 2.45. The first-order valence-electron chi connectivity index (χ1n) is 8.11. The van der Waals surface area contributed by atoms with Gasteiger partial charge in [-0.15, -0.1) is 0 Å². The van der Waals surface area contributed by atoms with Gasteiger partial charge in [0.05, 0.1) is 26.2 Å². The standard InChI is InChI=1S/C16H28NO2/c1-12(18)19-16-13-6-8-14(16)15(9-7-13)17(2)10-4-3-5-11-17/h13-16H,3-11H2,1-2H3/q+1/t13-,14-,15+,16+/m0/s1. The highest BCUT2D eigenvalue weighted by atomic mass is 16.5. The van der Waals surface area contributed by atoms with E-state index in [1.807, 2.05) is 0 Å². The minimum absolute atomic E-state index is 0.0798. The second-order valence-electron chi connectivity index (χ2n) is 7.21. The van der Waals surface area contributed by atoms with Gasteiger partial charge in [0.1, 0.15) is 6.10 Å². The molecule has 0 aromatic heterocycles. The summed E-state index contributed by atoms with van der Waals surface area (Å²) in [5, 5.41) is 0. The molecule has 0 aromatic carbocycles. The van der Waals surface area contributed by atoms with Gasteiger partial charge in [-0.05, 0) is 44.4 Å². The molecule has 19 heavy (non-hydrogen) atoms. The fourth-order valence-electron chi connectivity index (χ4n) is 5.12. The van der Waals surface area contributed by atoms with Gasteiger partial charge in [-0.2, -0.15) is 0 Å². The van der Waals surface area contributed by atoms with Crippen LogP contribution in [0.25, 0.3) is 0 Å². The van der Waals surface area contributed by atoms with E-state index in [2.05, 4.69) is 7.05 Å². The number of likely N-dealkylation sites (tertiary alicyclic amines) is 1. The van der Waals surface area contributed by atoms with Crippen LogP contribution < -0.4 is 0 Å². The predicted molar refractivity (Wildman–Crippen MR) is 74.6 cm³/mol. The Morgan fingerprint density at radius 1 is 1.05 bits per heavy atom. The second kappa shape index (κ2) is 5.08. The molecular weight excluding hydrogens is 238 g/mol. The Morgan fingerprint density at radius 2 is 1.74 bits per heavy atom. The molecule has 1 aliphatic heterocycles. The first-order valence-corrected chi connectivity index (χ1v) is 8.11. The molecular formula is C16H28NO2+. The number of carbonyl (C=O) groups is 1. The van der Waals surface area contributed by atoms with E-state index in [-0.39, 0.29) is 12.1 Å². The van der Waals surface area contributed by atoms with E-state index in [0.717, 1.165) is 6.04 Å². The van der Waals surface area contributed by atoms with E-state index in [1.54, 1.807) is 6.92 Å². The topological polar surface area (TPSA) is 26.3 Å².